The van der Waals surface area contributed by atoms with Gasteiger partial charge in [-0.1, -0.05) is 24.3 Å². The Labute approximate surface area is 211 Å². The molecular formula is C27H30FN3O4S. The third-order valence-corrected chi connectivity index (χ3v) is 7.98. The van der Waals surface area contributed by atoms with E-state index in [1.165, 1.54) is 68.8 Å². The number of halogens is 1. The minimum atomic E-state index is -4.23. The monoisotopic (exact) mass is 511 g/mol. The van der Waals surface area contributed by atoms with Crippen LogP contribution in [0.5, 0.6) is 5.75 Å². The van der Waals surface area contributed by atoms with E-state index in [0.29, 0.717) is 5.75 Å². The summed E-state index contributed by atoms with van der Waals surface area (Å²) in [5, 5.41) is 2.76. The number of para-hydroxylation sites is 1. The SMILES string of the molecule is COc1ccc(S(=O)(=O)N(CC(=O)NCc2ccc(N3CCCCC3)cc2)c2ccccc2F)cc1. The Morgan fingerprint density at radius 2 is 1.64 bits per heavy atom. The van der Waals surface area contributed by atoms with Gasteiger partial charge in [0.25, 0.3) is 10.0 Å². The van der Waals surface area contributed by atoms with Gasteiger partial charge in [0.15, 0.2) is 0 Å². The van der Waals surface area contributed by atoms with E-state index in [0.717, 1.165) is 34.7 Å². The van der Waals surface area contributed by atoms with E-state index in [-0.39, 0.29) is 17.1 Å². The Morgan fingerprint density at radius 1 is 0.972 bits per heavy atom. The molecule has 1 aliphatic heterocycles. The molecule has 0 atom stereocenters. The van der Waals surface area contributed by atoms with E-state index in [1.54, 1.807) is 0 Å². The average Bonchev–Trinajstić information content (AvgIpc) is 2.92. The van der Waals surface area contributed by atoms with Gasteiger partial charge in [-0.3, -0.25) is 9.10 Å². The number of amides is 1. The fourth-order valence-corrected chi connectivity index (χ4v) is 5.62. The number of sulfonamides is 1. The van der Waals surface area contributed by atoms with E-state index >= 15 is 0 Å². The van der Waals surface area contributed by atoms with Crippen LogP contribution in [0.4, 0.5) is 15.8 Å². The standard InChI is InChI=1S/C27H30FN3O4S/c1-35-23-13-15-24(16-14-23)36(33,34)31(26-8-4-3-7-25(26)28)20-27(32)29-19-21-9-11-22(12-10-21)30-17-5-2-6-18-30/h3-4,7-16H,2,5-6,17-20H2,1H3,(H,29,32). The first-order valence-corrected chi connectivity index (χ1v) is 13.3. The second kappa shape index (κ2) is 11.4. The Kier molecular flexibility index (Phi) is 8.10. The van der Waals surface area contributed by atoms with Crippen molar-refractivity contribution in [2.75, 3.05) is 35.9 Å². The quantitative estimate of drug-likeness (QED) is 0.463. The van der Waals surface area contributed by atoms with Crippen LogP contribution < -0.4 is 19.3 Å². The summed E-state index contributed by atoms with van der Waals surface area (Å²) in [7, 11) is -2.75. The predicted molar refractivity (Wildman–Crippen MR) is 138 cm³/mol. The van der Waals surface area contributed by atoms with Crippen molar-refractivity contribution in [3.63, 3.8) is 0 Å². The molecule has 0 radical (unpaired) electrons. The Balaban J connectivity index is 1.48. The summed E-state index contributed by atoms with van der Waals surface area (Å²) in [6, 6.07) is 19.2. The lowest BCUT2D eigenvalue weighted by Crippen LogP contribution is -2.41. The van der Waals surface area contributed by atoms with Crippen molar-refractivity contribution >= 4 is 27.3 Å². The number of nitrogens with one attached hydrogen (secondary N) is 1. The first-order valence-electron chi connectivity index (χ1n) is 11.9. The lowest BCUT2D eigenvalue weighted by molar-refractivity contribution is -0.119. The molecule has 1 N–H and O–H groups in total. The number of benzene rings is 3. The highest BCUT2D eigenvalue weighted by Gasteiger charge is 2.29. The zero-order valence-electron chi connectivity index (χ0n) is 20.2. The summed E-state index contributed by atoms with van der Waals surface area (Å²) in [5.74, 6) is -0.804. The van der Waals surface area contributed by atoms with Gasteiger partial charge in [-0.2, -0.15) is 0 Å². The second-order valence-corrected chi connectivity index (χ2v) is 10.5. The second-order valence-electron chi connectivity index (χ2n) is 8.63. The van der Waals surface area contributed by atoms with Crippen LogP contribution in [0.3, 0.4) is 0 Å². The number of ether oxygens (including phenoxy) is 1. The number of carbonyl (C=O) groups is 1. The van der Waals surface area contributed by atoms with Gasteiger partial charge in [-0.15, -0.1) is 0 Å². The summed E-state index contributed by atoms with van der Waals surface area (Å²) in [6.45, 7) is 1.75. The lowest BCUT2D eigenvalue weighted by atomic mass is 10.1. The van der Waals surface area contributed by atoms with Crippen molar-refractivity contribution in [2.45, 2.75) is 30.7 Å². The normalized spacial score (nSPS) is 13.8. The van der Waals surface area contributed by atoms with Crippen LogP contribution in [0.25, 0.3) is 0 Å². The fourth-order valence-electron chi connectivity index (χ4n) is 4.19. The number of hydrogen-bond donors (Lipinski definition) is 1. The highest BCUT2D eigenvalue weighted by atomic mass is 32.2. The van der Waals surface area contributed by atoms with Crippen LogP contribution in [0.1, 0.15) is 24.8 Å². The van der Waals surface area contributed by atoms with Crippen molar-refractivity contribution in [3.8, 4) is 5.75 Å². The van der Waals surface area contributed by atoms with Gasteiger partial charge in [-0.05, 0) is 73.4 Å². The molecule has 0 aromatic heterocycles. The summed E-state index contributed by atoms with van der Waals surface area (Å²) in [4.78, 5) is 15.1. The maximum atomic E-state index is 14.6. The fraction of sp³-hybridized carbons (Fsp3) is 0.296. The van der Waals surface area contributed by atoms with Gasteiger partial charge < -0.3 is 15.0 Å². The van der Waals surface area contributed by atoms with E-state index in [2.05, 4.69) is 10.2 Å². The molecule has 1 saturated heterocycles. The van der Waals surface area contributed by atoms with E-state index in [9.17, 15) is 17.6 Å². The van der Waals surface area contributed by atoms with Crippen molar-refractivity contribution in [2.24, 2.45) is 0 Å². The summed E-state index contributed by atoms with van der Waals surface area (Å²) in [6.07, 6.45) is 3.64. The van der Waals surface area contributed by atoms with Gasteiger partial charge in [0.1, 0.15) is 18.1 Å². The molecule has 190 valence electrons. The van der Waals surface area contributed by atoms with Gasteiger partial charge in [0.2, 0.25) is 5.91 Å². The lowest BCUT2D eigenvalue weighted by Gasteiger charge is -2.28. The Hall–Kier alpha value is -3.59. The number of carbonyl (C=O) groups excluding carboxylic acids is 1. The number of nitrogens with zero attached hydrogens (tertiary/aromatic N) is 2. The number of hydrogen-bond acceptors (Lipinski definition) is 5. The van der Waals surface area contributed by atoms with Crippen molar-refractivity contribution < 1.29 is 22.3 Å². The van der Waals surface area contributed by atoms with Crippen LogP contribution in [0.2, 0.25) is 0 Å². The van der Waals surface area contributed by atoms with Gasteiger partial charge >= 0.3 is 0 Å². The molecule has 1 amide bonds. The molecule has 0 saturated carbocycles. The first-order chi connectivity index (χ1) is 17.4. The Morgan fingerprint density at radius 3 is 2.28 bits per heavy atom. The molecule has 1 aliphatic rings. The predicted octanol–water partition coefficient (Wildman–Crippen LogP) is 4.34. The van der Waals surface area contributed by atoms with Crippen LogP contribution in [-0.4, -0.2) is 41.1 Å². The maximum Gasteiger partial charge on any atom is 0.264 e. The molecule has 7 nitrogen and oxygen atoms in total. The third-order valence-electron chi connectivity index (χ3n) is 6.20. The molecule has 36 heavy (non-hydrogen) atoms. The topological polar surface area (TPSA) is 79.0 Å². The van der Waals surface area contributed by atoms with Crippen molar-refractivity contribution in [1.29, 1.82) is 0 Å². The smallest absolute Gasteiger partial charge is 0.264 e. The molecule has 0 bridgehead atoms. The van der Waals surface area contributed by atoms with E-state index in [1.807, 2.05) is 24.3 Å². The van der Waals surface area contributed by atoms with Crippen LogP contribution in [0.15, 0.2) is 77.7 Å². The third kappa shape index (κ3) is 5.96. The number of methoxy groups -OCH3 is 1. The highest BCUT2D eigenvalue weighted by molar-refractivity contribution is 7.92. The maximum absolute atomic E-state index is 14.6. The largest absolute Gasteiger partial charge is 0.497 e. The summed E-state index contributed by atoms with van der Waals surface area (Å²) in [5.41, 5.74) is 1.84. The molecular weight excluding hydrogens is 481 g/mol. The summed E-state index contributed by atoms with van der Waals surface area (Å²) < 4.78 is 47.3. The molecule has 0 aliphatic carbocycles. The summed E-state index contributed by atoms with van der Waals surface area (Å²) >= 11 is 0. The van der Waals surface area contributed by atoms with E-state index < -0.39 is 28.3 Å². The molecule has 9 heteroatoms. The van der Waals surface area contributed by atoms with Gasteiger partial charge in [0.05, 0.1) is 17.7 Å². The van der Waals surface area contributed by atoms with Crippen LogP contribution in [-0.2, 0) is 21.4 Å². The molecule has 0 unspecified atom stereocenters. The Bertz CT molecular complexity index is 1280. The number of anilines is 2. The molecule has 4 rings (SSSR count). The van der Waals surface area contributed by atoms with Crippen molar-refractivity contribution in [1.82, 2.24) is 5.32 Å². The zero-order valence-corrected chi connectivity index (χ0v) is 21.0. The minimum Gasteiger partial charge on any atom is -0.497 e. The molecule has 0 spiro atoms. The zero-order chi connectivity index (χ0) is 25.5. The van der Waals surface area contributed by atoms with Gasteiger partial charge in [-0.25, -0.2) is 12.8 Å². The molecule has 1 heterocycles. The minimum absolute atomic E-state index is 0.0762. The van der Waals surface area contributed by atoms with Crippen LogP contribution in [0, 0.1) is 5.82 Å². The number of rotatable bonds is 9. The van der Waals surface area contributed by atoms with Crippen molar-refractivity contribution in [3.05, 3.63) is 84.2 Å². The average molecular weight is 512 g/mol. The number of piperidine rings is 1. The first kappa shape index (κ1) is 25.5. The molecule has 1 fully saturated rings. The molecule has 3 aromatic rings. The van der Waals surface area contributed by atoms with Crippen LogP contribution >= 0.6 is 0 Å². The van der Waals surface area contributed by atoms with E-state index in [4.69, 9.17) is 4.74 Å². The molecule has 3 aromatic carbocycles. The highest BCUT2D eigenvalue weighted by Crippen LogP contribution is 2.27. The van der Waals surface area contributed by atoms with Gasteiger partial charge in [0, 0.05) is 25.3 Å².